The number of ether oxygens (including phenoxy) is 1. The van der Waals surface area contributed by atoms with Crippen LogP contribution in [-0.2, 0) is 9.53 Å². The summed E-state index contributed by atoms with van der Waals surface area (Å²) in [5.41, 5.74) is 2.33. The molecule has 1 heterocycles. The van der Waals surface area contributed by atoms with E-state index in [0.29, 0.717) is 11.6 Å². The first-order valence-corrected chi connectivity index (χ1v) is 8.51. The van der Waals surface area contributed by atoms with Crippen LogP contribution in [0.5, 0.6) is 5.75 Å². The minimum atomic E-state index is -0.565. The number of H-pyrrole nitrogens is 1. The average Bonchev–Trinajstić information content (AvgIpc) is 2.53. The van der Waals surface area contributed by atoms with Crippen LogP contribution in [0.4, 0.5) is 0 Å². The van der Waals surface area contributed by atoms with Gasteiger partial charge in [0.1, 0.15) is 5.75 Å². The van der Waals surface area contributed by atoms with Gasteiger partial charge in [-0.3, -0.25) is 9.59 Å². The van der Waals surface area contributed by atoms with Crippen molar-refractivity contribution in [2.24, 2.45) is 0 Å². The van der Waals surface area contributed by atoms with Crippen LogP contribution < -0.4 is 5.56 Å². The molecule has 0 aliphatic carbocycles. The number of carbonyl (C=O) groups excluding carboxylic acids is 1. The summed E-state index contributed by atoms with van der Waals surface area (Å²) in [5.74, 6) is -0.693. The lowest BCUT2D eigenvalue weighted by atomic mass is 9.87. The molecule has 2 aromatic rings. The van der Waals surface area contributed by atoms with Gasteiger partial charge in [0.05, 0.1) is 18.6 Å². The Bertz CT molecular complexity index is 790. The summed E-state index contributed by atoms with van der Waals surface area (Å²) in [5, 5.41) is 10.3. The van der Waals surface area contributed by atoms with Crippen molar-refractivity contribution in [2.75, 3.05) is 6.61 Å². The minimum absolute atomic E-state index is 0.00539. The molecule has 0 saturated carbocycles. The second kappa shape index (κ2) is 8.01. The van der Waals surface area contributed by atoms with Crippen molar-refractivity contribution in [1.29, 1.82) is 0 Å². The molecule has 0 saturated heterocycles. The predicted molar refractivity (Wildman–Crippen MR) is 97.1 cm³/mol. The topological polar surface area (TPSA) is 79.4 Å². The summed E-state index contributed by atoms with van der Waals surface area (Å²) < 4.78 is 5.05. The van der Waals surface area contributed by atoms with E-state index in [0.717, 1.165) is 5.56 Å². The summed E-state index contributed by atoms with van der Waals surface area (Å²) in [6.07, 6.45) is -0.00539. The van der Waals surface area contributed by atoms with Gasteiger partial charge in [0.15, 0.2) is 0 Å². The zero-order valence-electron chi connectivity index (χ0n) is 15.1. The molecule has 0 radical (unpaired) electrons. The third-order valence-electron chi connectivity index (χ3n) is 4.21. The Morgan fingerprint density at radius 2 is 1.80 bits per heavy atom. The van der Waals surface area contributed by atoms with Crippen molar-refractivity contribution in [3.8, 4) is 5.75 Å². The molecule has 0 fully saturated rings. The Hall–Kier alpha value is -2.56. The molecule has 0 aliphatic heterocycles. The Morgan fingerprint density at radius 1 is 1.20 bits per heavy atom. The number of nitrogens with one attached hydrogen (secondary N) is 1. The van der Waals surface area contributed by atoms with Gasteiger partial charge in [0.2, 0.25) is 0 Å². The van der Waals surface area contributed by atoms with Crippen LogP contribution in [0.15, 0.2) is 35.1 Å². The van der Waals surface area contributed by atoms with Crippen molar-refractivity contribution in [3.05, 3.63) is 63.1 Å². The van der Waals surface area contributed by atoms with Crippen LogP contribution in [-0.4, -0.2) is 22.7 Å². The third kappa shape index (κ3) is 4.50. The van der Waals surface area contributed by atoms with E-state index in [9.17, 15) is 14.7 Å². The largest absolute Gasteiger partial charge is 0.507 e. The molecule has 1 aromatic heterocycles. The number of benzene rings is 1. The Balaban J connectivity index is 2.50. The molecule has 25 heavy (non-hydrogen) atoms. The Labute approximate surface area is 147 Å². The highest BCUT2D eigenvalue weighted by molar-refractivity contribution is 5.71. The van der Waals surface area contributed by atoms with E-state index in [-0.39, 0.29) is 29.9 Å². The zero-order valence-corrected chi connectivity index (χ0v) is 15.1. The molecule has 1 atom stereocenters. The van der Waals surface area contributed by atoms with E-state index in [1.165, 1.54) is 11.6 Å². The van der Waals surface area contributed by atoms with Crippen molar-refractivity contribution < 1.29 is 14.6 Å². The molecule has 1 unspecified atom stereocenters. The molecule has 0 bridgehead atoms. The van der Waals surface area contributed by atoms with Crippen LogP contribution in [0, 0.1) is 6.92 Å². The van der Waals surface area contributed by atoms with E-state index in [1.807, 2.05) is 24.3 Å². The van der Waals surface area contributed by atoms with Crippen LogP contribution in [0.2, 0.25) is 0 Å². The molecule has 134 valence electrons. The van der Waals surface area contributed by atoms with Crippen molar-refractivity contribution >= 4 is 5.97 Å². The zero-order chi connectivity index (χ0) is 18.6. The van der Waals surface area contributed by atoms with Gasteiger partial charge in [0, 0.05) is 11.6 Å². The first kappa shape index (κ1) is 18.8. The molecule has 2 N–H and O–H groups in total. The fourth-order valence-corrected chi connectivity index (χ4v) is 2.90. The third-order valence-corrected chi connectivity index (χ3v) is 4.21. The van der Waals surface area contributed by atoms with Crippen LogP contribution in [0.25, 0.3) is 0 Å². The highest BCUT2D eigenvalue weighted by Crippen LogP contribution is 2.32. The monoisotopic (exact) mass is 343 g/mol. The number of aromatic hydroxyl groups is 1. The molecule has 2 rings (SSSR count). The van der Waals surface area contributed by atoms with Crippen molar-refractivity contribution in [2.45, 2.75) is 46.0 Å². The van der Waals surface area contributed by atoms with Crippen LogP contribution in [0.1, 0.15) is 61.4 Å². The number of hydrogen-bond donors (Lipinski definition) is 2. The number of aromatic nitrogens is 1. The van der Waals surface area contributed by atoms with Gasteiger partial charge in [-0.1, -0.05) is 38.1 Å². The first-order valence-electron chi connectivity index (χ1n) is 8.51. The number of aryl methyl sites for hydroxylation is 1. The Kier molecular flexibility index (Phi) is 6.02. The highest BCUT2D eigenvalue weighted by atomic mass is 16.5. The molecule has 0 aliphatic rings. The molecule has 0 amide bonds. The summed E-state index contributed by atoms with van der Waals surface area (Å²) in [6, 6.07) is 9.27. The maximum Gasteiger partial charge on any atom is 0.306 e. The summed E-state index contributed by atoms with van der Waals surface area (Å²) in [4.78, 5) is 27.2. The second-order valence-electron chi connectivity index (χ2n) is 6.46. The fraction of sp³-hybridized carbons (Fsp3) is 0.400. The predicted octanol–water partition coefficient (Wildman–Crippen LogP) is 3.60. The normalized spacial score (nSPS) is 12.2. The highest BCUT2D eigenvalue weighted by Gasteiger charge is 2.25. The Morgan fingerprint density at radius 3 is 2.32 bits per heavy atom. The summed E-state index contributed by atoms with van der Waals surface area (Å²) in [7, 11) is 0. The molecular weight excluding hydrogens is 318 g/mol. The number of aromatic amines is 1. The summed E-state index contributed by atoms with van der Waals surface area (Å²) in [6.45, 7) is 7.90. The van der Waals surface area contributed by atoms with Gasteiger partial charge in [-0.2, -0.15) is 0 Å². The number of rotatable bonds is 6. The van der Waals surface area contributed by atoms with Gasteiger partial charge >= 0.3 is 5.97 Å². The van der Waals surface area contributed by atoms with Crippen molar-refractivity contribution in [3.63, 3.8) is 0 Å². The van der Waals surface area contributed by atoms with E-state index in [2.05, 4.69) is 18.8 Å². The van der Waals surface area contributed by atoms with Gasteiger partial charge in [0.25, 0.3) is 5.56 Å². The molecular formula is C20H25NO4. The van der Waals surface area contributed by atoms with E-state index in [4.69, 9.17) is 4.74 Å². The standard InChI is InChI=1S/C20H25NO4/c1-5-25-18(23)11-16(15-8-6-14(7-9-15)12(2)3)19-17(22)10-13(4)21-20(19)24/h6-10,12,16H,5,11H2,1-4H3,(H2,21,22,24). The van der Waals surface area contributed by atoms with Gasteiger partial charge in [-0.25, -0.2) is 0 Å². The molecule has 1 aromatic carbocycles. The molecule has 5 heteroatoms. The lowest BCUT2D eigenvalue weighted by Gasteiger charge is -2.18. The van der Waals surface area contributed by atoms with Crippen LogP contribution in [0.3, 0.4) is 0 Å². The summed E-state index contributed by atoms with van der Waals surface area (Å²) >= 11 is 0. The first-order chi connectivity index (χ1) is 11.8. The smallest absolute Gasteiger partial charge is 0.306 e. The fourth-order valence-electron chi connectivity index (χ4n) is 2.90. The van der Waals surface area contributed by atoms with E-state index in [1.54, 1.807) is 13.8 Å². The van der Waals surface area contributed by atoms with Gasteiger partial charge in [-0.05, 0) is 37.0 Å². The minimum Gasteiger partial charge on any atom is -0.507 e. The molecule has 0 spiro atoms. The lowest BCUT2D eigenvalue weighted by molar-refractivity contribution is -0.143. The number of esters is 1. The average molecular weight is 343 g/mol. The van der Waals surface area contributed by atoms with Gasteiger partial charge < -0.3 is 14.8 Å². The lowest BCUT2D eigenvalue weighted by Crippen LogP contribution is -2.21. The van der Waals surface area contributed by atoms with Crippen LogP contribution >= 0.6 is 0 Å². The maximum atomic E-state index is 12.4. The second-order valence-corrected chi connectivity index (χ2v) is 6.46. The SMILES string of the molecule is CCOC(=O)CC(c1ccc(C(C)C)cc1)c1c(O)cc(C)[nH]c1=O. The van der Waals surface area contributed by atoms with Crippen molar-refractivity contribution in [1.82, 2.24) is 4.98 Å². The number of carbonyl (C=O) groups is 1. The maximum absolute atomic E-state index is 12.4. The number of hydrogen-bond acceptors (Lipinski definition) is 4. The quantitative estimate of drug-likeness (QED) is 0.786. The van der Waals surface area contributed by atoms with E-state index < -0.39 is 11.9 Å². The van der Waals surface area contributed by atoms with E-state index >= 15 is 0 Å². The number of pyridine rings is 1. The van der Waals surface area contributed by atoms with Gasteiger partial charge in [-0.15, -0.1) is 0 Å². The molecule has 5 nitrogen and oxygen atoms in total.